The summed E-state index contributed by atoms with van der Waals surface area (Å²) in [5, 5.41) is 16.3. The summed E-state index contributed by atoms with van der Waals surface area (Å²) in [6.45, 7) is 0.855. The number of benzene rings is 2. The van der Waals surface area contributed by atoms with Gasteiger partial charge in [-0.2, -0.15) is 0 Å². The van der Waals surface area contributed by atoms with Crippen molar-refractivity contribution in [1.82, 2.24) is 0 Å². The molecule has 0 aromatic heterocycles. The van der Waals surface area contributed by atoms with Gasteiger partial charge in [0.05, 0.1) is 19.8 Å². The molecule has 0 atom stereocenters. The molecule has 0 aliphatic carbocycles. The highest BCUT2D eigenvalue weighted by molar-refractivity contribution is 6.01. The van der Waals surface area contributed by atoms with Crippen LogP contribution in [0.1, 0.15) is 11.1 Å². The molecule has 0 fully saturated rings. The summed E-state index contributed by atoms with van der Waals surface area (Å²) in [6.07, 6.45) is 0. The lowest BCUT2D eigenvalue weighted by Gasteiger charge is -2.09. The van der Waals surface area contributed by atoms with E-state index in [1.165, 1.54) is 0 Å². The largest absolute Gasteiger partial charge is 0.394 e. The van der Waals surface area contributed by atoms with Crippen molar-refractivity contribution in [1.29, 1.82) is 5.41 Å². The Balaban J connectivity index is 2.20. The van der Waals surface area contributed by atoms with Crippen molar-refractivity contribution < 1.29 is 9.84 Å². The maximum absolute atomic E-state index is 8.66. The molecule has 0 heterocycles. The van der Waals surface area contributed by atoms with Gasteiger partial charge in [-0.3, -0.25) is 5.41 Å². The SMILES string of the molecule is N=C(N)c1ccccc1-c1ccc(COCCO)cc1. The highest BCUT2D eigenvalue weighted by Crippen LogP contribution is 2.23. The van der Waals surface area contributed by atoms with Crippen molar-refractivity contribution >= 4 is 5.84 Å². The topological polar surface area (TPSA) is 79.3 Å². The molecule has 2 rings (SSSR count). The Hall–Kier alpha value is -2.17. The molecule has 4 nitrogen and oxygen atoms in total. The Morgan fingerprint density at radius 3 is 2.45 bits per heavy atom. The molecule has 0 saturated heterocycles. The molecular formula is C16H18N2O2. The van der Waals surface area contributed by atoms with Crippen molar-refractivity contribution in [2.24, 2.45) is 5.73 Å². The number of aliphatic hydroxyl groups excluding tert-OH is 1. The van der Waals surface area contributed by atoms with E-state index in [1.54, 1.807) is 0 Å². The van der Waals surface area contributed by atoms with Crippen LogP contribution in [0.2, 0.25) is 0 Å². The predicted octanol–water partition coefficient (Wildman–Crippen LogP) is 2.15. The first-order valence-electron chi connectivity index (χ1n) is 6.43. The van der Waals surface area contributed by atoms with Crippen molar-refractivity contribution in [3.63, 3.8) is 0 Å². The minimum absolute atomic E-state index is 0.0318. The van der Waals surface area contributed by atoms with Gasteiger partial charge < -0.3 is 15.6 Å². The van der Waals surface area contributed by atoms with Crippen molar-refractivity contribution in [2.45, 2.75) is 6.61 Å². The van der Waals surface area contributed by atoms with Gasteiger partial charge >= 0.3 is 0 Å². The van der Waals surface area contributed by atoms with Gasteiger partial charge in [-0.05, 0) is 16.7 Å². The minimum Gasteiger partial charge on any atom is -0.394 e. The van der Waals surface area contributed by atoms with E-state index < -0.39 is 0 Å². The van der Waals surface area contributed by atoms with Crippen molar-refractivity contribution in [3.8, 4) is 11.1 Å². The first kappa shape index (κ1) is 14.2. The second-order valence-electron chi connectivity index (χ2n) is 4.43. The zero-order chi connectivity index (χ0) is 14.4. The summed E-state index contributed by atoms with van der Waals surface area (Å²) in [5.41, 5.74) is 9.34. The second-order valence-corrected chi connectivity index (χ2v) is 4.43. The van der Waals surface area contributed by atoms with Crippen LogP contribution in [-0.4, -0.2) is 24.2 Å². The van der Waals surface area contributed by atoms with Crippen molar-refractivity contribution in [3.05, 3.63) is 59.7 Å². The van der Waals surface area contributed by atoms with E-state index in [1.807, 2.05) is 48.5 Å². The molecule has 20 heavy (non-hydrogen) atoms. The van der Waals surface area contributed by atoms with Crippen LogP contribution >= 0.6 is 0 Å². The van der Waals surface area contributed by atoms with Gasteiger partial charge in [-0.1, -0.05) is 48.5 Å². The van der Waals surface area contributed by atoms with E-state index in [9.17, 15) is 0 Å². The van der Waals surface area contributed by atoms with Crippen LogP contribution in [0.15, 0.2) is 48.5 Å². The molecule has 4 N–H and O–H groups in total. The Morgan fingerprint density at radius 1 is 1.10 bits per heavy atom. The Bertz CT molecular complexity index is 579. The predicted molar refractivity (Wildman–Crippen MR) is 79.6 cm³/mol. The van der Waals surface area contributed by atoms with Crippen LogP contribution in [0, 0.1) is 5.41 Å². The molecule has 0 aliphatic heterocycles. The van der Waals surface area contributed by atoms with E-state index in [0.717, 1.165) is 22.3 Å². The van der Waals surface area contributed by atoms with Gasteiger partial charge in [0, 0.05) is 5.56 Å². The molecular weight excluding hydrogens is 252 g/mol. The molecule has 2 aromatic rings. The lowest BCUT2D eigenvalue weighted by Crippen LogP contribution is -2.12. The number of aliphatic hydroxyl groups is 1. The number of nitrogens with two attached hydrogens (primary N) is 1. The monoisotopic (exact) mass is 270 g/mol. The average Bonchev–Trinajstić information content (AvgIpc) is 2.48. The van der Waals surface area contributed by atoms with Crippen LogP contribution in [-0.2, 0) is 11.3 Å². The number of amidine groups is 1. The van der Waals surface area contributed by atoms with Gasteiger partial charge in [0.1, 0.15) is 5.84 Å². The molecule has 104 valence electrons. The molecule has 0 bridgehead atoms. The Kier molecular flexibility index (Phi) is 4.87. The van der Waals surface area contributed by atoms with Crippen molar-refractivity contribution in [2.75, 3.05) is 13.2 Å². The molecule has 0 saturated carbocycles. The van der Waals surface area contributed by atoms with E-state index >= 15 is 0 Å². The molecule has 0 spiro atoms. The minimum atomic E-state index is 0.0318. The third-order valence-corrected chi connectivity index (χ3v) is 2.99. The lowest BCUT2D eigenvalue weighted by molar-refractivity contribution is 0.0815. The first-order valence-corrected chi connectivity index (χ1v) is 6.43. The fraction of sp³-hybridized carbons (Fsp3) is 0.188. The summed E-state index contributed by atoms with van der Waals surface area (Å²) < 4.78 is 5.27. The Labute approximate surface area is 118 Å². The normalized spacial score (nSPS) is 10.4. The van der Waals surface area contributed by atoms with Gasteiger partial charge in [0.2, 0.25) is 0 Å². The average molecular weight is 270 g/mol. The van der Waals surface area contributed by atoms with Gasteiger partial charge in [-0.15, -0.1) is 0 Å². The van der Waals surface area contributed by atoms with Crippen LogP contribution in [0.5, 0.6) is 0 Å². The fourth-order valence-corrected chi connectivity index (χ4v) is 2.00. The number of rotatable bonds is 6. The summed E-state index contributed by atoms with van der Waals surface area (Å²) in [4.78, 5) is 0. The van der Waals surface area contributed by atoms with E-state index in [0.29, 0.717) is 13.2 Å². The first-order chi connectivity index (χ1) is 9.72. The summed E-state index contributed by atoms with van der Waals surface area (Å²) in [5.74, 6) is 0.0657. The zero-order valence-corrected chi connectivity index (χ0v) is 11.2. The van der Waals surface area contributed by atoms with Gasteiger partial charge in [0.25, 0.3) is 0 Å². The van der Waals surface area contributed by atoms with Crippen LogP contribution in [0.25, 0.3) is 11.1 Å². The second kappa shape index (κ2) is 6.84. The number of nitrogen functional groups attached to an aromatic ring is 1. The molecule has 4 heteroatoms. The quantitative estimate of drug-likeness (QED) is 0.427. The lowest BCUT2D eigenvalue weighted by atomic mass is 9.98. The standard InChI is InChI=1S/C16H18N2O2/c17-16(18)15-4-2-1-3-14(15)13-7-5-12(6-8-13)11-20-10-9-19/h1-8,19H,9-11H2,(H3,17,18). The highest BCUT2D eigenvalue weighted by Gasteiger charge is 2.06. The smallest absolute Gasteiger partial charge is 0.123 e. The van der Waals surface area contributed by atoms with Crippen LogP contribution in [0.3, 0.4) is 0 Å². The van der Waals surface area contributed by atoms with E-state index in [-0.39, 0.29) is 12.4 Å². The molecule has 0 aliphatic rings. The Morgan fingerprint density at radius 2 is 1.80 bits per heavy atom. The third kappa shape index (κ3) is 3.44. The number of hydrogen-bond donors (Lipinski definition) is 3. The van der Waals surface area contributed by atoms with Gasteiger partial charge in [0.15, 0.2) is 0 Å². The molecule has 0 unspecified atom stereocenters. The molecule has 2 aromatic carbocycles. The molecule has 0 amide bonds. The summed E-state index contributed by atoms with van der Waals surface area (Å²) in [6, 6.07) is 15.5. The maximum Gasteiger partial charge on any atom is 0.123 e. The summed E-state index contributed by atoms with van der Waals surface area (Å²) >= 11 is 0. The van der Waals surface area contributed by atoms with Crippen LogP contribution < -0.4 is 5.73 Å². The summed E-state index contributed by atoms with van der Waals surface area (Å²) in [7, 11) is 0. The number of nitrogens with one attached hydrogen (secondary N) is 1. The number of hydrogen-bond acceptors (Lipinski definition) is 3. The fourth-order valence-electron chi connectivity index (χ4n) is 2.00. The van der Waals surface area contributed by atoms with E-state index in [4.69, 9.17) is 21.0 Å². The highest BCUT2D eigenvalue weighted by atomic mass is 16.5. The molecule has 0 radical (unpaired) electrons. The zero-order valence-electron chi connectivity index (χ0n) is 11.2. The van der Waals surface area contributed by atoms with Gasteiger partial charge in [-0.25, -0.2) is 0 Å². The maximum atomic E-state index is 8.66. The third-order valence-electron chi connectivity index (χ3n) is 2.99. The van der Waals surface area contributed by atoms with E-state index in [2.05, 4.69) is 0 Å². The number of ether oxygens (including phenoxy) is 1. The van der Waals surface area contributed by atoms with Crippen LogP contribution in [0.4, 0.5) is 0 Å².